The first-order valence-electron chi connectivity index (χ1n) is 22.3. The average Bonchev–Trinajstić information content (AvgIpc) is 4.01. The van der Waals surface area contributed by atoms with Gasteiger partial charge in [0, 0.05) is 35.6 Å². The van der Waals surface area contributed by atoms with E-state index < -0.39 is 50.1 Å². The van der Waals surface area contributed by atoms with Crippen molar-refractivity contribution in [2.75, 3.05) is 6.54 Å². The molecule has 0 radical (unpaired) electrons. The van der Waals surface area contributed by atoms with E-state index in [1.807, 2.05) is 56.5 Å². The highest BCUT2D eigenvalue weighted by molar-refractivity contribution is 7.91. The summed E-state index contributed by atoms with van der Waals surface area (Å²) >= 11 is 1.52. The van der Waals surface area contributed by atoms with Crippen LogP contribution in [0.1, 0.15) is 119 Å². The second-order valence-electron chi connectivity index (χ2n) is 18.8. The van der Waals surface area contributed by atoms with Crippen LogP contribution in [0.4, 0.5) is 4.39 Å². The van der Waals surface area contributed by atoms with Crippen molar-refractivity contribution in [2.24, 2.45) is 17.3 Å². The number of fused-ring (bicyclic) bond motifs is 1. The van der Waals surface area contributed by atoms with Crippen molar-refractivity contribution in [2.45, 2.75) is 135 Å². The molecule has 4 aromatic rings. The summed E-state index contributed by atoms with van der Waals surface area (Å²) in [5, 5.41) is 3.59. The van der Waals surface area contributed by atoms with Gasteiger partial charge in [-0.05, 0) is 125 Å². The molecule has 336 valence electrons. The van der Waals surface area contributed by atoms with Gasteiger partial charge in [-0.15, -0.1) is 24.5 Å². The molecule has 3 aliphatic rings. The summed E-state index contributed by atoms with van der Waals surface area (Å²) in [5.41, 5.74) is 4.62. The van der Waals surface area contributed by atoms with Crippen LogP contribution in [-0.2, 0) is 30.8 Å². The van der Waals surface area contributed by atoms with Crippen molar-refractivity contribution in [1.29, 1.82) is 0 Å². The number of carbonyl (C=O) groups is 3. The number of pyridine rings is 1. The second kappa shape index (κ2) is 18.4. The average molecular weight is 897 g/mol. The van der Waals surface area contributed by atoms with E-state index in [9.17, 15) is 22.4 Å². The third kappa shape index (κ3) is 9.84. The van der Waals surface area contributed by atoms with Gasteiger partial charge in [-0.25, -0.2) is 22.8 Å². The summed E-state index contributed by atoms with van der Waals surface area (Å²) in [6.07, 6.45) is 8.15. The van der Waals surface area contributed by atoms with Crippen molar-refractivity contribution >= 4 is 49.9 Å². The molecule has 13 heteroatoms. The third-order valence-electron chi connectivity index (χ3n) is 13.6. The molecule has 2 aliphatic carbocycles. The SMILES string of the molecule is C=CCCCCC[C@H](Cc1cc(C)cc(F)c1)C(=O)N1C[C@H](Oc2cc(-c3nc(C(C)C)cs3)nc3c(C)c(C)ccc23)C[C@H]1C(=O)C[C@]1(C(=O)NS(=O)(=O)C2(C)CC2)C[C@H]1C=C. The van der Waals surface area contributed by atoms with Crippen LogP contribution in [0, 0.1) is 43.8 Å². The van der Waals surface area contributed by atoms with E-state index in [2.05, 4.69) is 31.7 Å². The highest BCUT2D eigenvalue weighted by Gasteiger charge is 2.62. The number of hydrogen-bond donors (Lipinski definition) is 1. The van der Waals surface area contributed by atoms with Crippen molar-refractivity contribution in [1.82, 2.24) is 19.6 Å². The number of nitrogens with zero attached hydrogens (tertiary/aromatic N) is 3. The minimum absolute atomic E-state index is 0.0972. The minimum atomic E-state index is -3.97. The van der Waals surface area contributed by atoms with Crippen LogP contribution >= 0.6 is 11.3 Å². The maximum absolute atomic E-state index is 15.1. The van der Waals surface area contributed by atoms with E-state index in [-0.39, 0.29) is 55.7 Å². The maximum atomic E-state index is 15.1. The topological polar surface area (TPSA) is 136 Å². The number of unbranched alkanes of at least 4 members (excludes halogenated alkanes) is 3. The van der Waals surface area contributed by atoms with Gasteiger partial charge < -0.3 is 9.64 Å². The Morgan fingerprint density at radius 1 is 1.06 bits per heavy atom. The van der Waals surface area contributed by atoms with Gasteiger partial charge in [0.2, 0.25) is 21.8 Å². The molecular formula is C50H61FN4O6S2. The van der Waals surface area contributed by atoms with Gasteiger partial charge in [0.25, 0.3) is 0 Å². The zero-order valence-electron chi connectivity index (χ0n) is 37.5. The van der Waals surface area contributed by atoms with Gasteiger partial charge in [-0.2, -0.15) is 0 Å². The molecule has 7 rings (SSSR count). The van der Waals surface area contributed by atoms with Gasteiger partial charge in [0.1, 0.15) is 28.4 Å². The first-order valence-corrected chi connectivity index (χ1v) is 24.7. The van der Waals surface area contributed by atoms with Gasteiger partial charge in [0.05, 0.1) is 34.0 Å². The molecule has 1 aliphatic heterocycles. The van der Waals surface area contributed by atoms with Crippen LogP contribution in [0.3, 0.4) is 0 Å². The number of rotatable bonds is 20. The molecule has 1 N–H and O–H groups in total. The van der Waals surface area contributed by atoms with Crippen molar-refractivity contribution in [3.8, 4) is 16.5 Å². The van der Waals surface area contributed by atoms with Crippen LogP contribution in [0.2, 0.25) is 0 Å². The van der Waals surface area contributed by atoms with Crippen molar-refractivity contribution in [3.05, 3.63) is 101 Å². The monoisotopic (exact) mass is 896 g/mol. The number of thiazole rings is 1. The number of likely N-dealkylation sites (tertiary alicyclic amines) is 1. The summed E-state index contributed by atoms with van der Waals surface area (Å²) in [6.45, 7) is 19.5. The fourth-order valence-corrected chi connectivity index (χ4v) is 11.3. The lowest BCUT2D eigenvalue weighted by molar-refractivity contribution is -0.142. The lowest BCUT2D eigenvalue weighted by Crippen LogP contribution is -2.47. The summed E-state index contributed by atoms with van der Waals surface area (Å²) in [6, 6.07) is 9.75. The summed E-state index contributed by atoms with van der Waals surface area (Å²) in [4.78, 5) is 55.5. The van der Waals surface area contributed by atoms with E-state index in [1.54, 1.807) is 17.9 Å². The molecule has 2 saturated carbocycles. The number of benzene rings is 2. The first kappa shape index (κ1) is 46.2. The Labute approximate surface area is 375 Å². The number of Topliss-reactive ketones (excluding diaryl/α,β-unsaturated/α-hetero) is 1. The zero-order valence-corrected chi connectivity index (χ0v) is 39.1. The Kier molecular flexibility index (Phi) is 13.5. The van der Waals surface area contributed by atoms with Crippen molar-refractivity contribution < 1.29 is 31.9 Å². The molecule has 63 heavy (non-hydrogen) atoms. The Hall–Kier alpha value is -4.75. The number of ketones is 1. The standard InChI is InChI=1S/C50H61FN4O6S2/c1-9-11-12-13-14-15-35(22-34-20-31(5)21-37(51)23-34)47(57)55-28-38(24-42(55)43(56)27-50(26-36(50)10-2)48(58)54-63(59,60)49(8)18-19-49)61-44-25-40(46-53-41(29-62-46)30(3)4)52-45-33(7)32(6)16-17-39(44)45/h9-10,16-17,20-21,23,25,29-30,35-36,38,42H,1-2,11-15,18-19,22,24,26-28H2,3-8H3,(H,54,58)/t35-,36-,38-,42+,50-/m1/s1. The second-order valence-corrected chi connectivity index (χ2v) is 21.9. The molecule has 0 unspecified atom stereocenters. The molecule has 2 aromatic heterocycles. The lowest BCUT2D eigenvalue weighted by atomic mass is 9.89. The largest absolute Gasteiger partial charge is 0.488 e. The predicted octanol–water partition coefficient (Wildman–Crippen LogP) is 10.0. The van der Waals surface area contributed by atoms with Crippen LogP contribution in [-0.4, -0.2) is 64.3 Å². The van der Waals surface area contributed by atoms with E-state index >= 15 is 4.79 Å². The number of sulfonamides is 1. The zero-order chi connectivity index (χ0) is 45.4. The smallest absolute Gasteiger partial charge is 0.240 e. The van der Waals surface area contributed by atoms with E-state index in [0.29, 0.717) is 36.3 Å². The molecule has 1 saturated heterocycles. The number of ether oxygens (including phenoxy) is 1. The van der Waals surface area contributed by atoms with Crippen LogP contribution in [0.25, 0.3) is 21.6 Å². The predicted molar refractivity (Wildman–Crippen MR) is 248 cm³/mol. The summed E-state index contributed by atoms with van der Waals surface area (Å²) < 4.78 is 49.4. The van der Waals surface area contributed by atoms with E-state index in [0.717, 1.165) is 64.0 Å². The maximum Gasteiger partial charge on any atom is 0.240 e. The number of hydrogen-bond acceptors (Lipinski definition) is 9. The number of nitrogens with one attached hydrogen (secondary N) is 1. The normalized spacial score (nSPS) is 21.9. The Bertz CT molecular complexity index is 2530. The number of carbonyl (C=O) groups excluding carboxylic acids is 3. The summed E-state index contributed by atoms with van der Waals surface area (Å²) in [5.74, 6) is -1.84. The quantitative estimate of drug-likeness (QED) is 0.0684. The van der Waals surface area contributed by atoms with Crippen LogP contribution < -0.4 is 9.46 Å². The highest BCUT2D eigenvalue weighted by atomic mass is 32.2. The molecule has 0 spiro atoms. The van der Waals surface area contributed by atoms with E-state index in [4.69, 9.17) is 14.7 Å². The minimum Gasteiger partial charge on any atom is -0.488 e. The molecule has 3 fully saturated rings. The van der Waals surface area contributed by atoms with Gasteiger partial charge in [0.15, 0.2) is 5.78 Å². The number of amides is 2. The number of aryl methyl sites for hydroxylation is 3. The van der Waals surface area contributed by atoms with Gasteiger partial charge in [-0.3, -0.25) is 19.1 Å². The molecule has 2 aromatic carbocycles. The van der Waals surface area contributed by atoms with Crippen LogP contribution in [0.15, 0.2) is 67.1 Å². The highest BCUT2D eigenvalue weighted by Crippen LogP contribution is 2.57. The molecule has 10 nitrogen and oxygen atoms in total. The lowest BCUT2D eigenvalue weighted by Gasteiger charge is -2.29. The summed E-state index contributed by atoms with van der Waals surface area (Å²) in [7, 11) is -3.97. The molecule has 2 amide bonds. The van der Waals surface area contributed by atoms with Gasteiger partial charge in [-0.1, -0.05) is 51.0 Å². The molecule has 0 bridgehead atoms. The molecular weight excluding hydrogens is 836 g/mol. The Balaban J connectivity index is 1.24. The molecule has 5 atom stereocenters. The first-order chi connectivity index (χ1) is 29.9. The fourth-order valence-electron chi connectivity index (χ4n) is 9.01. The van der Waals surface area contributed by atoms with E-state index in [1.165, 1.54) is 23.5 Å². The number of aromatic nitrogens is 2. The molecule has 3 heterocycles. The van der Waals surface area contributed by atoms with Gasteiger partial charge >= 0.3 is 0 Å². The number of halogens is 1. The Morgan fingerprint density at radius 2 is 1.83 bits per heavy atom. The fraction of sp³-hybridized carbons (Fsp3) is 0.500. The third-order valence-corrected chi connectivity index (χ3v) is 16.6. The number of allylic oxidation sites excluding steroid dienone is 2. The van der Waals surface area contributed by atoms with Crippen LogP contribution in [0.5, 0.6) is 5.75 Å². The van der Waals surface area contributed by atoms with Crippen molar-refractivity contribution in [3.63, 3.8) is 0 Å². The Morgan fingerprint density at radius 3 is 2.48 bits per heavy atom.